The van der Waals surface area contributed by atoms with Gasteiger partial charge in [0.1, 0.15) is 24.2 Å². The lowest BCUT2D eigenvalue weighted by molar-refractivity contribution is -0.122. The predicted octanol–water partition coefficient (Wildman–Crippen LogP) is 2.94. The zero-order valence-electron chi connectivity index (χ0n) is 16.5. The number of ether oxygens (including phenoxy) is 1. The zero-order valence-corrected chi connectivity index (χ0v) is 16.5. The monoisotopic (exact) mass is 394 g/mol. The van der Waals surface area contributed by atoms with Gasteiger partial charge in [-0.25, -0.2) is 9.82 Å². The van der Waals surface area contributed by atoms with Gasteiger partial charge >= 0.3 is 0 Å². The Labute approximate surface area is 168 Å². The molecule has 3 heterocycles. The van der Waals surface area contributed by atoms with Crippen molar-refractivity contribution in [2.45, 2.75) is 25.3 Å². The highest BCUT2D eigenvalue weighted by molar-refractivity contribution is 6.09. The van der Waals surface area contributed by atoms with Crippen LogP contribution in [0.3, 0.4) is 0 Å². The van der Waals surface area contributed by atoms with Crippen molar-refractivity contribution in [2.75, 3.05) is 31.6 Å². The molecule has 0 aliphatic carbocycles. The minimum atomic E-state index is -0.386. The molecule has 0 bridgehead atoms. The van der Waals surface area contributed by atoms with E-state index in [2.05, 4.69) is 28.5 Å². The molecule has 2 atom stereocenters. The quantitative estimate of drug-likeness (QED) is 0.851. The van der Waals surface area contributed by atoms with Crippen molar-refractivity contribution in [2.24, 2.45) is 5.10 Å². The molecule has 6 nitrogen and oxygen atoms in total. The summed E-state index contributed by atoms with van der Waals surface area (Å²) >= 11 is 0. The highest BCUT2D eigenvalue weighted by Crippen LogP contribution is 2.44. The van der Waals surface area contributed by atoms with Crippen LogP contribution in [-0.4, -0.2) is 49.4 Å². The lowest BCUT2D eigenvalue weighted by Gasteiger charge is -2.38. The molecular formula is C22H23FN4O2. The summed E-state index contributed by atoms with van der Waals surface area (Å²) in [5.41, 5.74) is 5.89. The maximum atomic E-state index is 14.7. The molecule has 3 aliphatic rings. The number of likely N-dealkylation sites (N-methyl/N-ethyl adjacent to an activating group) is 1. The van der Waals surface area contributed by atoms with E-state index in [4.69, 9.17) is 4.74 Å². The second-order valence-corrected chi connectivity index (χ2v) is 7.97. The van der Waals surface area contributed by atoms with Crippen molar-refractivity contribution in [1.29, 1.82) is 0 Å². The molecule has 7 heteroatoms. The van der Waals surface area contributed by atoms with Gasteiger partial charge < -0.3 is 14.5 Å². The SMILES string of the molecule is C[C@@H]1C(=O)NN=C2COc3cc(-c4ccccc4F)c([C@H]4CCN(C)C4)cc3N21. The van der Waals surface area contributed by atoms with Crippen LogP contribution >= 0.6 is 0 Å². The van der Waals surface area contributed by atoms with Gasteiger partial charge in [-0.2, -0.15) is 5.10 Å². The van der Waals surface area contributed by atoms with Crippen molar-refractivity contribution in [1.82, 2.24) is 10.3 Å². The Balaban J connectivity index is 1.70. The summed E-state index contributed by atoms with van der Waals surface area (Å²) in [7, 11) is 2.10. The number of carbonyl (C=O) groups excluding carboxylic acids is 1. The van der Waals surface area contributed by atoms with E-state index in [-0.39, 0.29) is 30.3 Å². The Morgan fingerprint density at radius 3 is 2.83 bits per heavy atom. The Morgan fingerprint density at radius 1 is 1.24 bits per heavy atom. The minimum Gasteiger partial charge on any atom is -0.483 e. The number of fused-ring (bicyclic) bond motifs is 3. The Kier molecular flexibility index (Phi) is 4.28. The lowest BCUT2D eigenvalue weighted by atomic mass is 9.88. The second kappa shape index (κ2) is 6.84. The fraction of sp³-hybridized carbons (Fsp3) is 0.364. The Morgan fingerprint density at radius 2 is 2.07 bits per heavy atom. The third kappa shape index (κ3) is 2.97. The van der Waals surface area contributed by atoms with Gasteiger partial charge in [0.15, 0.2) is 5.84 Å². The van der Waals surface area contributed by atoms with Crippen LogP contribution in [0, 0.1) is 5.82 Å². The number of halogens is 1. The van der Waals surface area contributed by atoms with Crippen LogP contribution in [0.4, 0.5) is 10.1 Å². The minimum absolute atomic E-state index is 0.151. The number of nitrogens with one attached hydrogen (secondary N) is 1. The molecule has 1 amide bonds. The maximum Gasteiger partial charge on any atom is 0.262 e. The number of rotatable bonds is 2. The molecule has 0 unspecified atom stereocenters. The summed E-state index contributed by atoms with van der Waals surface area (Å²) in [5.74, 6) is 1.22. The van der Waals surface area contributed by atoms with Crippen LogP contribution in [-0.2, 0) is 4.79 Å². The van der Waals surface area contributed by atoms with Gasteiger partial charge in [0, 0.05) is 12.1 Å². The standard InChI is InChI=1S/C22H23FN4O2/c1-13-22(28)25-24-21-12-29-20-10-17(15-5-3-4-6-18(15)23)16(9-19(20)27(13)21)14-7-8-26(2)11-14/h3-6,9-10,13-14H,7-8,11-12H2,1-2H3,(H,25,28)/t13-,14+/m1/s1. The molecule has 2 aromatic rings. The maximum absolute atomic E-state index is 14.7. The van der Waals surface area contributed by atoms with Crippen molar-refractivity contribution in [3.63, 3.8) is 0 Å². The first-order valence-electron chi connectivity index (χ1n) is 9.93. The number of carbonyl (C=O) groups is 1. The molecule has 0 radical (unpaired) electrons. The molecule has 29 heavy (non-hydrogen) atoms. The number of likely N-dealkylation sites (tertiary alicyclic amines) is 1. The number of amides is 1. The average molecular weight is 394 g/mol. The van der Waals surface area contributed by atoms with Crippen molar-refractivity contribution >= 4 is 17.4 Å². The number of hydrogen-bond donors (Lipinski definition) is 1. The molecule has 150 valence electrons. The number of amidine groups is 1. The molecule has 2 aromatic carbocycles. The molecule has 3 aliphatic heterocycles. The van der Waals surface area contributed by atoms with Gasteiger partial charge in [0.2, 0.25) is 0 Å². The van der Waals surface area contributed by atoms with Crippen molar-refractivity contribution in [3.8, 4) is 16.9 Å². The fourth-order valence-corrected chi connectivity index (χ4v) is 4.53. The van der Waals surface area contributed by atoms with Gasteiger partial charge in [-0.3, -0.25) is 4.79 Å². The second-order valence-electron chi connectivity index (χ2n) is 7.97. The zero-order chi connectivity index (χ0) is 20.1. The smallest absolute Gasteiger partial charge is 0.262 e. The highest BCUT2D eigenvalue weighted by atomic mass is 19.1. The van der Waals surface area contributed by atoms with Gasteiger partial charge in [-0.15, -0.1) is 0 Å². The molecule has 1 N–H and O–H groups in total. The summed E-state index contributed by atoms with van der Waals surface area (Å²) in [6, 6.07) is 10.5. The van der Waals surface area contributed by atoms with Crippen LogP contribution < -0.4 is 15.1 Å². The van der Waals surface area contributed by atoms with E-state index >= 15 is 0 Å². The van der Waals surface area contributed by atoms with Gasteiger partial charge in [-0.05, 0) is 62.2 Å². The van der Waals surface area contributed by atoms with Gasteiger partial charge in [-0.1, -0.05) is 18.2 Å². The summed E-state index contributed by atoms with van der Waals surface area (Å²) in [4.78, 5) is 16.4. The van der Waals surface area contributed by atoms with Gasteiger partial charge in [0.05, 0.1) is 5.69 Å². The number of nitrogens with zero attached hydrogens (tertiary/aromatic N) is 3. The highest BCUT2D eigenvalue weighted by Gasteiger charge is 2.37. The first-order valence-corrected chi connectivity index (χ1v) is 9.93. The lowest BCUT2D eigenvalue weighted by Crippen LogP contribution is -2.55. The Bertz CT molecular complexity index is 1020. The number of hydrazone groups is 1. The fourth-order valence-electron chi connectivity index (χ4n) is 4.53. The van der Waals surface area contributed by atoms with Crippen LogP contribution in [0.1, 0.15) is 24.8 Å². The van der Waals surface area contributed by atoms with E-state index in [9.17, 15) is 9.18 Å². The third-order valence-electron chi connectivity index (χ3n) is 6.08. The first kappa shape index (κ1) is 18.1. The molecular weight excluding hydrogens is 371 g/mol. The number of benzene rings is 2. The molecule has 5 rings (SSSR count). The van der Waals surface area contributed by atoms with Crippen LogP contribution in [0.5, 0.6) is 5.75 Å². The Hall–Kier alpha value is -2.93. The average Bonchev–Trinajstić information content (AvgIpc) is 3.16. The molecule has 1 fully saturated rings. The van der Waals surface area contributed by atoms with E-state index < -0.39 is 0 Å². The first-order chi connectivity index (χ1) is 14.0. The topological polar surface area (TPSA) is 57.2 Å². The van der Waals surface area contributed by atoms with Crippen LogP contribution in [0.2, 0.25) is 0 Å². The normalized spacial score (nSPS) is 23.8. The van der Waals surface area contributed by atoms with Gasteiger partial charge in [0.25, 0.3) is 5.91 Å². The van der Waals surface area contributed by atoms with E-state index in [0.717, 1.165) is 36.3 Å². The van der Waals surface area contributed by atoms with Crippen LogP contribution in [0.25, 0.3) is 11.1 Å². The molecule has 1 saturated heterocycles. The molecule has 0 spiro atoms. The van der Waals surface area contributed by atoms with Crippen molar-refractivity contribution < 1.29 is 13.9 Å². The molecule has 0 saturated carbocycles. The van der Waals surface area contributed by atoms with Crippen LogP contribution in [0.15, 0.2) is 41.5 Å². The van der Waals surface area contributed by atoms with E-state index in [1.807, 2.05) is 30.0 Å². The van der Waals surface area contributed by atoms with E-state index in [1.165, 1.54) is 6.07 Å². The number of anilines is 1. The van der Waals surface area contributed by atoms with E-state index in [1.54, 1.807) is 6.07 Å². The summed E-state index contributed by atoms with van der Waals surface area (Å²) < 4.78 is 20.7. The predicted molar refractivity (Wildman–Crippen MR) is 110 cm³/mol. The number of hydrogen-bond acceptors (Lipinski definition) is 5. The van der Waals surface area contributed by atoms with E-state index in [0.29, 0.717) is 17.1 Å². The molecule has 0 aromatic heterocycles. The summed E-state index contributed by atoms with van der Waals surface area (Å²) in [5, 5.41) is 4.17. The van der Waals surface area contributed by atoms with Crippen molar-refractivity contribution in [3.05, 3.63) is 47.8 Å². The third-order valence-corrected chi connectivity index (χ3v) is 6.08. The summed E-state index contributed by atoms with van der Waals surface area (Å²) in [6.07, 6.45) is 1.01. The largest absolute Gasteiger partial charge is 0.483 e. The summed E-state index contributed by atoms with van der Waals surface area (Å²) in [6.45, 7) is 4.04.